The highest BCUT2D eigenvalue weighted by atomic mass is 15.1. The van der Waals surface area contributed by atoms with Gasteiger partial charge in [0.25, 0.3) is 0 Å². The van der Waals surface area contributed by atoms with E-state index in [1.54, 1.807) is 0 Å². The van der Waals surface area contributed by atoms with E-state index in [1.165, 1.54) is 22.3 Å². The van der Waals surface area contributed by atoms with Gasteiger partial charge in [-0.05, 0) is 62.4 Å². The van der Waals surface area contributed by atoms with Crippen molar-refractivity contribution in [2.24, 2.45) is 0 Å². The van der Waals surface area contributed by atoms with Gasteiger partial charge in [0.2, 0.25) is 0 Å². The fourth-order valence-electron chi connectivity index (χ4n) is 7.30. The van der Waals surface area contributed by atoms with Gasteiger partial charge in [0.05, 0.1) is 23.6 Å². The first-order chi connectivity index (χ1) is 23.7. The van der Waals surface area contributed by atoms with E-state index in [9.17, 15) is 0 Å². The molecule has 0 unspecified atom stereocenters. The molecule has 1 aliphatic rings. The third kappa shape index (κ3) is 3.46. The summed E-state index contributed by atoms with van der Waals surface area (Å²) >= 11 is 0. The summed E-state index contributed by atoms with van der Waals surface area (Å²) in [5.41, 5.74) is 9.65. The summed E-state index contributed by atoms with van der Waals surface area (Å²) in [6, 6.07) is 38.1. The van der Waals surface area contributed by atoms with E-state index >= 15 is 0 Å². The molecule has 0 spiro atoms. The molecule has 1 aromatic heterocycles. The fourth-order valence-corrected chi connectivity index (χ4v) is 7.30. The molecule has 44 heavy (non-hydrogen) atoms. The van der Waals surface area contributed by atoms with E-state index in [4.69, 9.17) is 11.8 Å². The van der Waals surface area contributed by atoms with Gasteiger partial charge in [-0.3, -0.25) is 4.57 Å². The van der Waals surface area contributed by atoms with Crippen LogP contribution in [0.15, 0.2) is 145 Å². The second-order valence-corrected chi connectivity index (χ2v) is 12.0. The summed E-state index contributed by atoms with van der Waals surface area (Å²) in [5.74, 6) is 0.304. The van der Waals surface area contributed by atoms with Gasteiger partial charge < -0.3 is 0 Å². The summed E-state index contributed by atoms with van der Waals surface area (Å²) in [7, 11) is 0. The fraction of sp³-hybridized carbons (Fsp3) is 0.0714. The quantitative estimate of drug-likeness (QED) is 0.194. The molecule has 0 saturated carbocycles. The number of hydrogen-bond donors (Lipinski definition) is 0. The van der Waals surface area contributed by atoms with Crippen LogP contribution in [0.25, 0.3) is 71.9 Å². The van der Waals surface area contributed by atoms with Crippen molar-refractivity contribution in [2.45, 2.75) is 19.3 Å². The molecule has 0 N–H and O–H groups in total. The Bertz CT molecular complexity index is 2620. The minimum atomic E-state index is -0.428. The average molecular weight is 568 g/mol. The van der Waals surface area contributed by atoms with Crippen LogP contribution < -0.4 is 0 Å². The van der Waals surface area contributed by atoms with Crippen molar-refractivity contribution in [3.8, 4) is 39.3 Å². The van der Waals surface area contributed by atoms with Gasteiger partial charge in [-0.15, -0.1) is 0 Å². The van der Waals surface area contributed by atoms with Crippen molar-refractivity contribution in [1.29, 1.82) is 0 Å². The van der Waals surface area contributed by atoms with Crippen LogP contribution in [0.3, 0.4) is 0 Å². The van der Waals surface area contributed by atoms with E-state index in [0.29, 0.717) is 11.3 Å². The van der Waals surface area contributed by atoms with Gasteiger partial charge in [-0.25, -0.2) is 4.98 Å². The van der Waals surface area contributed by atoms with Crippen molar-refractivity contribution >= 4 is 32.6 Å². The highest BCUT2D eigenvalue weighted by Crippen LogP contribution is 2.51. The van der Waals surface area contributed by atoms with Gasteiger partial charge in [-0.1, -0.05) is 141 Å². The topological polar surface area (TPSA) is 17.8 Å². The molecule has 0 amide bonds. The summed E-state index contributed by atoms with van der Waals surface area (Å²) in [4.78, 5) is 4.96. The third-order valence-electron chi connectivity index (χ3n) is 9.28. The SMILES string of the molecule is [2H]c1c([2H])c([2H])c(-c2nc3ccccc3n2-c2c3ccccc3c(-c3ccc4c(c3)C(C)(C)c3ccccc3-4)c3ccccc23)c([2H])c1[2H]. The zero-order chi connectivity index (χ0) is 33.8. The highest BCUT2D eigenvalue weighted by Gasteiger charge is 2.35. The Morgan fingerprint density at radius 1 is 0.591 bits per heavy atom. The summed E-state index contributed by atoms with van der Waals surface area (Å²) < 4.78 is 44.9. The molecular formula is C42H30N2. The first kappa shape index (κ1) is 20.4. The summed E-state index contributed by atoms with van der Waals surface area (Å²) in [6.07, 6.45) is 0. The Hall–Kier alpha value is -5.47. The normalized spacial score (nSPS) is 15.0. The van der Waals surface area contributed by atoms with Gasteiger partial charge in [0.15, 0.2) is 0 Å². The van der Waals surface area contributed by atoms with Gasteiger partial charge in [0.1, 0.15) is 5.82 Å². The van der Waals surface area contributed by atoms with E-state index in [2.05, 4.69) is 92.7 Å². The largest absolute Gasteiger partial charge is 0.291 e. The molecule has 0 bridgehead atoms. The van der Waals surface area contributed by atoms with Crippen molar-refractivity contribution in [1.82, 2.24) is 9.55 Å². The van der Waals surface area contributed by atoms with E-state index in [1.807, 2.05) is 41.0 Å². The first-order valence-corrected chi connectivity index (χ1v) is 14.9. The summed E-state index contributed by atoms with van der Waals surface area (Å²) in [5, 5.41) is 4.04. The van der Waals surface area contributed by atoms with Gasteiger partial charge >= 0.3 is 0 Å². The lowest BCUT2D eigenvalue weighted by Gasteiger charge is -2.23. The number of rotatable bonds is 3. The van der Waals surface area contributed by atoms with Crippen LogP contribution in [0.1, 0.15) is 31.8 Å². The molecule has 1 heterocycles. The van der Waals surface area contributed by atoms with Crippen LogP contribution in [0.2, 0.25) is 0 Å². The zero-order valence-electron chi connectivity index (χ0n) is 29.4. The number of fused-ring (bicyclic) bond motifs is 6. The Kier molecular flexibility index (Phi) is 4.30. The maximum atomic E-state index is 8.89. The lowest BCUT2D eigenvalue weighted by Crippen LogP contribution is -2.14. The van der Waals surface area contributed by atoms with Gasteiger partial charge in [0, 0.05) is 21.8 Å². The maximum absolute atomic E-state index is 8.89. The van der Waals surface area contributed by atoms with E-state index < -0.39 is 6.04 Å². The predicted molar refractivity (Wildman–Crippen MR) is 185 cm³/mol. The molecule has 0 atom stereocenters. The highest BCUT2D eigenvalue weighted by molar-refractivity contribution is 6.19. The smallest absolute Gasteiger partial charge is 0.145 e. The molecular weight excluding hydrogens is 532 g/mol. The monoisotopic (exact) mass is 567 g/mol. The molecule has 9 rings (SSSR count). The number of aromatic nitrogens is 2. The third-order valence-corrected chi connectivity index (χ3v) is 9.28. The van der Waals surface area contributed by atoms with Crippen LogP contribution in [0.5, 0.6) is 0 Å². The molecule has 8 aromatic rings. The molecule has 1 aliphatic carbocycles. The van der Waals surface area contributed by atoms with Crippen molar-refractivity contribution < 1.29 is 6.85 Å². The van der Waals surface area contributed by atoms with E-state index in [-0.39, 0.29) is 35.1 Å². The number of benzene rings is 7. The predicted octanol–water partition coefficient (Wildman–Crippen LogP) is 11.0. The standard InChI is InChI=1S/C42H30N2/c1-42(2)35-21-11-10-16-29(35)30-25-24-28(26-36(30)42)39-31-17-6-8-19-33(31)40(34-20-9-7-18-32(34)39)44-38-23-13-12-22-37(38)43-41(44)27-14-4-3-5-15-27/h3-26H,1-2H3/i3D,4D,5D,14D,15D. The maximum Gasteiger partial charge on any atom is 0.145 e. The molecule has 2 heteroatoms. The number of imidazole rings is 1. The molecule has 7 aromatic carbocycles. The van der Waals surface area contributed by atoms with Crippen molar-refractivity contribution in [3.05, 3.63) is 157 Å². The Labute approximate surface area is 263 Å². The zero-order valence-corrected chi connectivity index (χ0v) is 24.4. The van der Waals surface area contributed by atoms with Crippen LogP contribution in [0, 0.1) is 0 Å². The second kappa shape index (κ2) is 9.26. The molecule has 0 aliphatic heterocycles. The molecule has 0 fully saturated rings. The van der Waals surface area contributed by atoms with Crippen LogP contribution in [-0.2, 0) is 5.41 Å². The van der Waals surface area contributed by atoms with Crippen LogP contribution in [0.4, 0.5) is 0 Å². The van der Waals surface area contributed by atoms with Crippen LogP contribution >= 0.6 is 0 Å². The lowest BCUT2D eigenvalue weighted by atomic mass is 9.81. The van der Waals surface area contributed by atoms with Crippen LogP contribution in [-0.4, -0.2) is 9.55 Å². The van der Waals surface area contributed by atoms with Crippen molar-refractivity contribution in [2.75, 3.05) is 0 Å². The number of nitrogens with zero attached hydrogens (tertiary/aromatic N) is 2. The number of hydrogen-bond acceptors (Lipinski definition) is 1. The van der Waals surface area contributed by atoms with Gasteiger partial charge in [-0.2, -0.15) is 0 Å². The average Bonchev–Trinajstić information content (AvgIpc) is 3.60. The molecule has 0 saturated heterocycles. The Morgan fingerprint density at radius 2 is 1.20 bits per heavy atom. The first-order valence-electron chi connectivity index (χ1n) is 17.4. The molecule has 0 radical (unpaired) electrons. The Balaban J connectivity index is 1.40. The minimum Gasteiger partial charge on any atom is -0.291 e. The van der Waals surface area contributed by atoms with E-state index in [0.717, 1.165) is 43.9 Å². The second-order valence-electron chi connectivity index (χ2n) is 12.0. The lowest BCUT2D eigenvalue weighted by molar-refractivity contribution is 0.660. The molecule has 2 nitrogen and oxygen atoms in total. The van der Waals surface area contributed by atoms with Crippen molar-refractivity contribution in [3.63, 3.8) is 0 Å². The molecule has 208 valence electrons. The number of para-hydroxylation sites is 2. The summed E-state index contributed by atoms with van der Waals surface area (Å²) in [6.45, 7) is 4.59. The Morgan fingerprint density at radius 3 is 1.95 bits per heavy atom. The minimum absolute atomic E-state index is 0.0693.